The number of amides is 1. The van der Waals surface area contributed by atoms with Gasteiger partial charge in [0.1, 0.15) is 5.75 Å². The Kier molecular flexibility index (Phi) is 7.48. The number of fused-ring (bicyclic) bond motifs is 1. The van der Waals surface area contributed by atoms with Gasteiger partial charge in [0, 0.05) is 17.7 Å². The summed E-state index contributed by atoms with van der Waals surface area (Å²) in [6.07, 6.45) is 1.41. The van der Waals surface area contributed by atoms with E-state index in [0.717, 1.165) is 51.1 Å². The quantitative estimate of drug-likeness (QED) is 0.430. The smallest absolute Gasteiger partial charge is 0.234 e. The number of carbonyl (C=O) groups is 1. The number of rotatable bonds is 6. The van der Waals surface area contributed by atoms with Crippen molar-refractivity contribution in [2.24, 2.45) is 9.98 Å². The third-order valence-corrected chi connectivity index (χ3v) is 6.83. The lowest BCUT2D eigenvalue weighted by Crippen LogP contribution is -2.17. The Balaban J connectivity index is 1.60. The highest BCUT2D eigenvalue weighted by molar-refractivity contribution is 8.14. The zero-order valence-corrected chi connectivity index (χ0v) is 20.8. The molecule has 3 aromatic carbocycles. The summed E-state index contributed by atoms with van der Waals surface area (Å²) in [7, 11) is 1.66. The number of nitrogens with one attached hydrogen (secondary N) is 1. The first kappa shape index (κ1) is 23.8. The molecule has 0 unspecified atom stereocenters. The molecule has 174 valence electrons. The van der Waals surface area contributed by atoms with Crippen molar-refractivity contribution >= 4 is 45.5 Å². The van der Waals surface area contributed by atoms with Gasteiger partial charge in [-0.05, 0) is 67.3 Å². The molecule has 1 heterocycles. The lowest BCUT2D eigenvalue weighted by atomic mass is 10.1. The van der Waals surface area contributed by atoms with Crippen molar-refractivity contribution < 1.29 is 9.53 Å². The van der Waals surface area contributed by atoms with Gasteiger partial charge in [0.05, 0.1) is 35.0 Å². The Morgan fingerprint density at radius 1 is 1.00 bits per heavy atom. The van der Waals surface area contributed by atoms with Crippen molar-refractivity contribution in [2.75, 3.05) is 18.2 Å². The van der Waals surface area contributed by atoms with Crippen LogP contribution in [0.4, 0.5) is 17.1 Å². The molecule has 5 nitrogen and oxygen atoms in total. The fraction of sp³-hybridized carbons (Fsp3) is 0.250. The molecule has 1 amide bonds. The maximum Gasteiger partial charge on any atom is 0.234 e. The Bertz CT molecular complexity index is 1280. The number of ether oxygens (including phenoxy) is 1. The van der Waals surface area contributed by atoms with E-state index in [1.165, 1.54) is 22.9 Å². The Morgan fingerprint density at radius 3 is 2.47 bits per heavy atom. The Morgan fingerprint density at radius 2 is 1.74 bits per heavy atom. The zero-order chi connectivity index (χ0) is 24.1. The van der Waals surface area contributed by atoms with Crippen LogP contribution >= 0.6 is 11.8 Å². The lowest BCUT2D eigenvalue weighted by molar-refractivity contribution is -0.113. The summed E-state index contributed by atoms with van der Waals surface area (Å²) < 4.78 is 5.42. The molecule has 6 heteroatoms. The second-order valence-corrected chi connectivity index (χ2v) is 9.29. The van der Waals surface area contributed by atoms with E-state index in [4.69, 9.17) is 14.7 Å². The second kappa shape index (κ2) is 10.7. The van der Waals surface area contributed by atoms with Gasteiger partial charge in [-0.15, -0.1) is 11.8 Å². The number of aryl methyl sites for hydroxylation is 3. The number of methoxy groups -OCH3 is 1. The highest BCUT2D eigenvalue weighted by atomic mass is 32.2. The number of para-hydroxylation sites is 1. The van der Waals surface area contributed by atoms with Gasteiger partial charge < -0.3 is 10.1 Å². The SMILES string of the molecule is CCc1ccccc1NC(=O)CSC1=Nc2cc(C)c(C)cc2N=C(c2cccc(OC)c2)C1. The standard InChI is InChI=1S/C28H29N3O2S/c1-5-20-9-6-7-12-23(20)30-27(32)17-34-28-16-24(21-10-8-11-22(15-21)33-4)29-25-13-18(2)19(3)14-26(25)31-28/h6-15H,5,16-17H2,1-4H3,(H,30,32). The van der Waals surface area contributed by atoms with Crippen LogP contribution < -0.4 is 10.1 Å². The molecule has 4 rings (SSSR count). The molecule has 34 heavy (non-hydrogen) atoms. The molecule has 0 spiro atoms. The van der Waals surface area contributed by atoms with Crippen LogP contribution in [0.1, 0.15) is 35.6 Å². The summed E-state index contributed by atoms with van der Waals surface area (Å²) in [5, 5.41) is 3.91. The number of benzene rings is 3. The maximum atomic E-state index is 12.8. The van der Waals surface area contributed by atoms with E-state index in [-0.39, 0.29) is 11.7 Å². The highest BCUT2D eigenvalue weighted by Gasteiger charge is 2.18. The number of anilines is 1. The summed E-state index contributed by atoms with van der Waals surface area (Å²) in [4.78, 5) is 22.7. The third-order valence-electron chi connectivity index (χ3n) is 5.86. The average Bonchev–Trinajstić information content (AvgIpc) is 3.02. The minimum atomic E-state index is -0.0435. The third kappa shape index (κ3) is 5.57. The van der Waals surface area contributed by atoms with E-state index in [1.54, 1.807) is 7.11 Å². The van der Waals surface area contributed by atoms with Gasteiger partial charge in [0.15, 0.2) is 0 Å². The van der Waals surface area contributed by atoms with Gasteiger partial charge in [-0.25, -0.2) is 4.99 Å². The number of aliphatic imine (C=N–C) groups is 2. The number of hydrogen-bond acceptors (Lipinski definition) is 5. The second-order valence-electron chi connectivity index (χ2n) is 8.25. The number of thioether (sulfide) groups is 1. The first-order chi connectivity index (χ1) is 16.5. The predicted molar refractivity (Wildman–Crippen MR) is 144 cm³/mol. The normalized spacial score (nSPS) is 12.8. The molecule has 0 aromatic heterocycles. The van der Waals surface area contributed by atoms with E-state index in [2.05, 4.69) is 38.2 Å². The largest absolute Gasteiger partial charge is 0.497 e. The van der Waals surface area contributed by atoms with Crippen LogP contribution in [0.25, 0.3) is 0 Å². The Labute approximate surface area is 205 Å². The van der Waals surface area contributed by atoms with E-state index >= 15 is 0 Å². The summed E-state index contributed by atoms with van der Waals surface area (Å²) in [5.74, 6) is 1.02. The molecule has 0 fully saturated rings. The first-order valence-electron chi connectivity index (χ1n) is 11.4. The van der Waals surface area contributed by atoms with Crippen LogP contribution in [0.3, 0.4) is 0 Å². The van der Waals surface area contributed by atoms with Crippen LogP contribution in [0.2, 0.25) is 0 Å². The summed E-state index contributed by atoms with van der Waals surface area (Å²) in [5.41, 5.74) is 7.91. The molecule has 0 bridgehead atoms. The molecule has 3 aromatic rings. The molecular weight excluding hydrogens is 442 g/mol. The van der Waals surface area contributed by atoms with Crippen LogP contribution in [0.15, 0.2) is 70.6 Å². The van der Waals surface area contributed by atoms with Gasteiger partial charge in [-0.1, -0.05) is 37.3 Å². The first-order valence-corrected chi connectivity index (χ1v) is 12.4. The lowest BCUT2D eigenvalue weighted by Gasteiger charge is -2.11. The van der Waals surface area contributed by atoms with Crippen molar-refractivity contribution in [2.45, 2.75) is 33.6 Å². The number of carbonyl (C=O) groups excluding carboxylic acids is 1. The number of nitrogens with zero attached hydrogens (tertiary/aromatic N) is 2. The zero-order valence-electron chi connectivity index (χ0n) is 20.0. The topological polar surface area (TPSA) is 63.0 Å². The minimum absolute atomic E-state index is 0.0435. The molecular formula is C28H29N3O2S. The molecule has 0 saturated heterocycles. The van der Waals surface area contributed by atoms with Crippen LogP contribution in [-0.4, -0.2) is 29.5 Å². The molecule has 1 N–H and O–H groups in total. The van der Waals surface area contributed by atoms with Crippen molar-refractivity contribution in [3.63, 3.8) is 0 Å². The Hall–Kier alpha value is -3.38. The van der Waals surface area contributed by atoms with Crippen molar-refractivity contribution in [1.29, 1.82) is 0 Å². The van der Waals surface area contributed by atoms with Crippen molar-refractivity contribution in [3.8, 4) is 5.75 Å². The van der Waals surface area contributed by atoms with Crippen LogP contribution in [0.5, 0.6) is 5.75 Å². The molecule has 0 atom stereocenters. The summed E-state index contributed by atoms with van der Waals surface area (Å²) in [6, 6.07) is 20.0. The molecule has 0 aliphatic carbocycles. The van der Waals surface area contributed by atoms with E-state index in [1.807, 2.05) is 48.5 Å². The predicted octanol–water partition coefficient (Wildman–Crippen LogP) is 6.80. The van der Waals surface area contributed by atoms with Crippen LogP contribution in [0, 0.1) is 13.8 Å². The molecule has 0 radical (unpaired) electrons. The molecule has 1 aliphatic heterocycles. The number of hydrogen-bond donors (Lipinski definition) is 1. The van der Waals surface area contributed by atoms with Crippen molar-refractivity contribution in [3.05, 3.63) is 82.9 Å². The summed E-state index contributed by atoms with van der Waals surface area (Å²) >= 11 is 1.46. The molecule has 0 saturated carbocycles. The van der Waals surface area contributed by atoms with Gasteiger partial charge in [0.25, 0.3) is 0 Å². The van der Waals surface area contributed by atoms with E-state index in [0.29, 0.717) is 6.42 Å². The monoisotopic (exact) mass is 471 g/mol. The van der Waals surface area contributed by atoms with Gasteiger partial charge in [-0.2, -0.15) is 0 Å². The fourth-order valence-electron chi connectivity index (χ4n) is 3.81. The summed E-state index contributed by atoms with van der Waals surface area (Å²) in [6.45, 7) is 6.24. The fourth-order valence-corrected chi connectivity index (χ4v) is 4.58. The molecule has 1 aliphatic rings. The van der Waals surface area contributed by atoms with Crippen molar-refractivity contribution in [1.82, 2.24) is 0 Å². The van der Waals surface area contributed by atoms with Gasteiger partial charge >= 0.3 is 0 Å². The van der Waals surface area contributed by atoms with E-state index in [9.17, 15) is 4.79 Å². The van der Waals surface area contributed by atoms with E-state index < -0.39 is 0 Å². The maximum absolute atomic E-state index is 12.8. The van der Waals surface area contributed by atoms with Gasteiger partial charge in [-0.3, -0.25) is 9.79 Å². The van der Waals surface area contributed by atoms with Crippen LogP contribution in [-0.2, 0) is 11.2 Å². The minimum Gasteiger partial charge on any atom is -0.497 e. The average molecular weight is 472 g/mol. The highest BCUT2D eigenvalue weighted by Crippen LogP contribution is 2.36. The van der Waals surface area contributed by atoms with Gasteiger partial charge in [0.2, 0.25) is 5.91 Å².